The van der Waals surface area contributed by atoms with E-state index in [2.05, 4.69) is 97.6 Å². The molecule has 7 rings (SSSR count). The van der Waals surface area contributed by atoms with Gasteiger partial charge in [0.1, 0.15) is 0 Å². The van der Waals surface area contributed by atoms with Crippen molar-refractivity contribution >= 4 is 0 Å². The Morgan fingerprint density at radius 1 is 0.581 bits per heavy atom. The van der Waals surface area contributed by atoms with E-state index in [0.717, 1.165) is 19.6 Å². The van der Waals surface area contributed by atoms with Crippen molar-refractivity contribution in [3.63, 3.8) is 0 Å². The Morgan fingerprint density at radius 3 is 1.77 bits per heavy atom. The molecule has 0 fully saturated rings. The van der Waals surface area contributed by atoms with E-state index in [0.29, 0.717) is 0 Å². The van der Waals surface area contributed by atoms with Gasteiger partial charge in [-0.15, -0.1) is 0 Å². The van der Waals surface area contributed by atoms with Gasteiger partial charge < -0.3 is 0 Å². The lowest BCUT2D eigenvalue weighted by Gasteiger charge is -2.28. The average Bonchev–Trinajstić information content (AvgIpc) is 3.41. The third-order valence-corrected chi connectivity index (χ3v) is 7.87. The van der Waals surface area contributed by atoms with Crippen molar-refractivity contribution in [2.24, 2.45) is 0 Å². The summed E-state index contributed by atoms with van der Waals surface area (Å²) < 4.78 is 0. The molecule has 0 heterocycles. The van der Waals surface area contributed by atoms with Crippen LogP contribution < -0.4 is 0 Å². The maximum absolute atomic E-state index is 2.52. The van der Waals surface area contributed by atoms with E-state index in [1.54, 1.807) is 0 Å². The van der Waals surface area contributed by atoms with Crippen molar-refractivity contribution in [3.8, 4) is 33.4 Å². The van der Waals surface area contributed by atoms with E-state index in [1.807, 2.05) is 0 Å². The maximum Gasteiger partial charge on any atom is 0.0737 e. The molecule has 1 nitrogen and oxygen atoms in total. The van der Waals surface area contributed by atoms with Crippen LogP contribution in [0, 0.1) is 0 Å². The van der Waals surface area contributed by atoms with Crippen molar-refractivity contribution in [1.82, 2.24) is 4.90 Å². The van der Waals surface area contributed by atoms with E-state index in [-0.39, 0.29) is 5.41 Å². The predicted octanol–water partition coefficient (Wildman–Crippen LogP) is 6.85. The van der Waals surface area contributed by atoms with Gasteiger partial charge in [-0.3, -0.25) is 4.90 Å². The summed E-state index contributed by atoms with van der Waals surface area (Å²) in [6.45, 7) is 7.68. The van der Waals surface area contributed by atoms with Crippen LogP contribution >= 0.6 is 0 Å². The highest BCUT2D eigenvalue weighted by molar-refractivity contribution is 6.05. The van der Waals surface area contributed by atoms with Gasteiger partial charge in [0.05, 0.1) is 5.41 Å². The number of fused-ring (bicyclic) bond motifs is 5. The Hall–Kier alpha value is -3.16. The maximum atomic E-state index is 2.52. The van der Waals surface area contributed by atoms with Gasteiger partial charge in [-0.05, 0) is 74.3 Å². The Bertz CT molecular complexity index is 1360. The molecule has 4 aromatic carbocycles. The van der Waals surface area contributed by atoms with Crippen molar-refractivity contribution in [2.75, 3.05) is 13.1 Å². The first kappa shape index (κ1) is 17.5. The average molecular weight is 400 g/mol. The third kappa shape index (κ3) is 1.92. The van der Waals surface area contributed by atoms with E-state index >= 15 is 0 Å². The zero-order valence-corrected chi connectivity index (χ0v) is 18.1. The molecule has 1 unspecified atom stereocenters. The normalized spacial score (nSPS) is 18.2. The monoisotopic (exact) mass is 399 g/mol. The van der Waals surface area contributed by atoms with Crippen LogP contribution in [0.2, 0.25) is 0 Å². The molecular formula is C30H25N. The fraction of sp³-hybridized carbons (Fsp3) is 0.200. The Morgan fingerprint density at radius 2 is 1.13 bits per heavy atom. The van der Waals surface area contributed by atoms with Gasteiger partial charge in [0.2, 0.25) is 0 Å². The smallest absolute Gasteiger partial charge is 0.0737 e. The number of hydrogen-bond donors (Lipinski definition) is 0. The van der Waals surface area contributed by atoms with Crippen molar-refractivity contribution in [2.45, 2.75) is 25.8 Å². The summed E-state index contributed by atoms with van der Waals surface area (Å²) in [5.41, 5.74) is 15.7. The van der Waals surface area contributed by atoms with Crippen LogP contribution in [-0.4, -0.2) is 18.0 Å². The molecular weight excluding hydrogens is 374 g/mol. The minimum Gasteiger partial charge on any atom is -0.300 e. The number of rotatable bonds is 4. The van der Waals surface area contributed by atoms with Crippen LogP contribution in [0.5, 0.6) is 0 Å². The zero-order valence-electron chi connectivity index (χ0n) is 18.1. The highest BCUT2D eigenvalue weighted by Crippen LogP contribution is 2.69. The van der Waals surface area contributed by atoms with Gasteiger partial charge in [-0.1, -0.05) is 92.7 Å². The summed E-state index contributed by atoms with van der Waals surface area (Å²) >= 11 is 0. The second-order valence-electron chi connectivity index (χ2n) is 9.09. The highest BCUT2D eigenvalue weighted by atomic mass is 15.1. The number of nitrogens with zero attached hydrogens (tertiary/aromatic N) is 1. The zero-order chi connectivity index (χ0) is 20.7. The molecule has 1 spiro atoms. The summed E-state index contributed by atoms with van der Waals surface area (Å²) in [5, 5.41) is 0. The van der Waals surface area contributed by atoms with E-state index < -0.39 is 0 Å². The van der Waals surface area contributed by atoms with Crippen LogP contribution in [0.25, 0.3) is 33.4 Å². The van der Waals surface area contributed by atoms with Gasteiger partial charge in [0.25, 0.3) is 0 Å². The first-order valence-corrected chi connectivity index (χ1v) is 11.5. The second-order valence-corrected chi connectivity index (χ2v) is 9.09. The molecule has 0 amide bonds. The molecule has 0 bridgehead atoms. The van der Waals surface area contributed by atoms with E-state index in [4.69, 9.17) is 0 Å². The van der Waals surface area contributed by atoms with Crippen LogP contribution in [-0.2, 0) is 12.0 Å². The van der Waals surface area contributed by atoms with E-state index in [1.165, 1.54) is 61.2 Å². The number of benzene rings is 4. The van der Waals surface area contributed by atoms with Gasteiger partial charge in [-0.2, -0.15) is 0 Å². The summed E-state index contributed by atoms with van der Waals surface area (Å²) in [6.07, 6.45) is 0. The largest absolute Gasteiger partial charge is 0.300 e. The summed E-state index contributed by atoms with van der Waals surface area (Å²) in [7, 11) is 0. The van der Waals surface area contributed by atoms with Gasteiger partial charge >= 0.3 is 0 Å². The van der Waals surface area contributed by atoms with Crippen LogP contribution in [0.4, 0.5) is 0 Å². The molecule has 0 N–H and O–H groups in total. The predicted molar refractivity (Wildman–Crippen MR) is 128 cm³/mol. The molecule has 4 aromatic rings. The highest BCUT2D eigenvalue weighted by Gasteiger charge is 2.57. The van der Waals surface area contributed by atoms with Crippen LogP contribution in [0.1, 0.15) is 41.7 Å². The first-order chi connectivity index (χ1) is 15.3. The molecule has 3 aliphatic rings. The molecule has 0 saturated carbocycles. The van der Waals surface area contributed by atoms with E-state index in [9.17, 15) is 0 Å². The summed E-state index contributed by atoms with van der Waals surface area (Å²) in [4.78, 5) is 2.50. The van der Waals surface area contributed by atoms with Crippen LogP contribution in [0.15, 0.2) is 78.9 Å². The minimum atomic E-state index is -0.150. The van der Waals surface area contributed by atoms with Gasteiger partial charge in [0, 0.05) is 6.54 Å². The van der Waals surface area contributed by atoms with Crippen molar-refractivity contribution < 1.29 is 0 Å². The number of hydrogen-bond acceptors (Lipinski definition) is 1. The molecule has 1 atom stereocenters. The van der Waals surface area contributed by atoms with Gasteiger partial charge in [-0.25, -0.2) is 0 Å². The summed E-state index contributed by atoms with van der Waals surface area (Å²) in [5.74, 6) is 0. The Labute approximate surface area is 184 Å². The lowest BCUT2D eigenvalue weighted by Crippen LogP contribution is -2.25. The first-order valence-electron chi connectivity index (χ1n) is 11.5. The molecule has 150 valence electrons. The minimum absolute atomic E-state index is 0.150. The molecule has 1 heteroatoms. The lowest BCUT2D eigenvalue weighted by molar-refractivity contribution is 0.296. The Kier molecular flexibility index (Phi) is 3.37. The lowest BCUT2D eigenvalue weighted by atomic mass is 9.73. The molecule has 31 heavy (non-hydrogen) atoms. The fourth-order valence-corrected chi connectivity index (χ4v) is 6.60. The molecule has 0 radical (unpaired) electrons. The molecule has 3 aliphatic carbocycles. The molecule has 0 aromatic heterocycles. The Balaban J connectivity index is 1.60. The van der Waals surface area contributed by atoms with Crippen molar-refractivity contribution in [1.29, 1.82) is 0 Å². The third-order valence-electron chi connectivity index (χ3n) is 7.87. The second kappa shape index (κ2) is 5.96. The molecule has 0 saturated heterocycles. The SMILES string of the molecule is CCN(CC)Cc1ccc2c(c1)C13c4ccccc4-c4cccc(c41)-c1cccc-2c13. The standard InChI is InChI=1S/C30H25N/c1-3-31(4-2)18-19-15-16-21-23-11-8-13-25-24-12-7-10-22-20-9-5-6-14-26(20)30(28(22)24,29(23)25)27(21)17-19/h5-17H,3-4,18H2,1-2H3. The molecule has 0 aliphatic heterocycles. The van der Waals surface area contributed by atoms with Gasteiger partial charge in [0.15, 0.2) is 0 Å². The fourth-order valence-electron chi connectivity index (χ4n) is 6.60. The topological polar surface area (TPSA) is 3.24 Å². The van der Waals surface area contributed by atoms with Crippen LogP contribution in [0.3, 0.4) is 0 Å². The quantitative estimate of drug-likeness (QED) is 0.313. The van der Waals surface area contributed by atoms with Crippen molar-refractivity contribution in [3.05, 3.63) is 107 Å². The summed E-state index contributed by atoms with van der Waals surface area (Å²) in [6, 6.07) is 30.2.